The molecule has 1 aliphatic carbocycles. The number of hydrogen-bond donors (Lipinski definition) is 0. The molecule has 0 amide bonds. The van der Waals surface area contributed by atoms with Crippen molar-refractivity contribution in [1.82, 2.24) is 0 Å². The van der Waals surface area contributed by atoms with Crippen molar-refractivity contribution >= 4 is 6.29 Å². The molecule has 1 atom stereocenters. The number of hydrogen-bond acceptors (Lipinski definition) is 3. The lowest BCUT2D eigenvalue weighted by atomic mass is 9.78. The first kappa shape index (κ1) is 10.8. The third kappa shape index (κ3) is 1.54. The summed E-state index contributed by atoms with van der Waals surface area (Å²) in [4.78, 5) is 11.4. The summed E-state index contributed by atoms with van der Waals surface area (Å²) < 4.78 is 11.4. The van der Waals surface area contributed by atoms with Crippen LogP contribution in [0.3, 0.4) is 0 Å². The topological polar surface area (TPSA) is 35.5 Å². The zero-order valence-corrected chi connectivity index (χ0v) is 9.04. The minimum atomic E-state index is -0.613. The zero-order valence-electron chi connectivity index (χ0n) is 9.04. The molecule has 3 nitrogen and oxygen atoms in total. The number of carbonyl (C=O) groups excluding carboxylic acids is 1. The zero-order chi connectivity index (χ0) is 10.8. The summed E-state index contributed by atoms with van der Waals surface area (Å²) in [6, 6.07) is 0. The Labute approximate surface area is 90.4 Å². The third-order valence-corrected chi connectivity index (χ3v) is 3.66. The van der Waals surface area contributed by atoms with Gasteiger partial charge in [0, 0.05) is 6.42 Å². The van der Waals surface area contributed by atoms with Gasteiger partial charge >= 0.3 is 0 Å². The second-order valence-electron chi connectivity index (χ2n) is 4.40. The summed E-state index contributed by atoms with van der Waals surface area (Å²) in [6.45, 7) is 4.93. The molecule has 15 heavy (non-hydrogen) atoms. The maximum absolute atomic E-state index is 11.4. The number of rotatable bonds is 4. The minimum absolute atomic E-state index is 0.433. The van der Waals surface area contributed by atoms with Gasteiger partial charge in [-0.25, -0.2) is 0 Å². The van der Waals surface area contributed by atoms with Gasteiger partial charge in [-0.1, -0.05) is 6.08 Å². The molecule has 84 valence electrons. The average Bonchev–Trinajstić information content (AvgIpc) is 2.86. The van der Waals surface area contributed by atoms with E-state index in [9.17, 15) is 4.79 Å². The molecule has 0 aromatic rings. The standard InChI is InChI=1S/C12H18O3/c1-2-3-5-11(10-13)6-4-7-12(11)14-8-9-15-12/h2,10H,1,3-9H2. The lowest BCUT2D eigenvalue weighted by Gasteiger charge is -2.37. The molecular weight excluding hydrogens is 192 g/mol. The highest BCUT2D eigenvalue weighted by molar-refractivity contribution is 5.62. The smallest absolute Gasteiger partial charge is 0.180 e. The van der Waals surface area contributed by atoms with Crippen LogP contribution in [0, 0.1) is 5.41 Å². The van der Waals surface area contributed by atoms with Gasteiger partial charge in [-0.2, -0.15) is 0 Å². The molecule has 1 aliphatic heterocycles. The van der Waals surface area contributed by atoms with Gasteiger partial charge in [-0.05, 0) is 25.7 Å². The highest BCUT2D eigenvalue weighted by Crippen LogP contribution is 2.52. The Morgan fingerprint density at radius 3 is 2.60 bits per heavy atom. The van der Waals surface area contributed by atoms with Crippen LogP contribution in [0.5, 0.6) is 0 Å². The van der Waals surface area contributed by atoms with Crippen molar-refractivity contribution in [3.05, 3.63) is 12.7 Å². The molecule has 1 saturated carbocycles. The second-order valence-corrected chi connectivity index (χ2v) is 4.40. The molecule has 1 heterocycles. The maximum atomic E-state index is 11.4. The Hall–Kier alpha value is -0.670. The van der Waals surface area contributed by atoms with Gasteiger partial charge in [0.1, 0.15) is 6.29 Å². The molecule has 0 radical (unpaired) electrons. The molecule has 1 spiro atoms. The first-order valence-electron chi connectivity index (χ1n) is 5.64. The normalized spacial score (nSPS) is 33.3. The van der Waals surface area contributed by atoms with Gasteiger partial charge < -0.3 is 14.3 Å². The molecule has 2 aliphatic rings. The van der Waals surface area contributed by atoms with Crippen LogP contribution in [0.25, 0.3) is 0 Å². The Morgan fingerprint density at radius 1 is 1.27 bits per heavy atom. The second kappa shape index (κ2) is 4.06. The summed E-state index contributed by atoms with van der Waals surface area (Å²) in [6.07, 6.45) is 7.28. The van der Waals surface area contributed by atoms with E-state index in [1.807, 2.05) is 6.08 Å². The Morgan fingerprint density at radius 2 is 2.00 bits per heavy atom. The molecule has 0 bridgehead atoms. The molecule has 0 aromatic carbocycles. The van der Waals surface area contributed by atoms with Crippen LogP contribution in [0.4, 0.5) is 0 Å². The summed E-state index contributed by atoms with van der Waals surface area (Å²) in [5, 5.41) is 0. The maximum Gasteiger partial charge on any atom is 0.180 e. The monoisotopic (exact) mass is 210 g/mol. The van der Waals surface area contributed by atoms with E-state index in [-0.39, 0.29) is 0 Å². The van der Waals surface area contributed by atoms with Gasteiger partial charge in [0.2, 0.25) is 0 Å². The highest BCUT2D eigenvalue weighted by atomic mass is 16.7. The highest BCUT2D eigenvalue weighted by Gasteiger charge is 2.58. The van der Waals surface area contributed by atoms with Crippen molar-refractivity contribution in [2.45, 2.75) is 37.9 Å². The summed E-state index contributed by atoms with van der Waals surface area (Å²) in [5.74, 6) is -0.613. The molecule has 3 heteroatoms. The van der Waals surface area contributed by atoms with E-state index in [2.05, 4.69) is 6.58 Å². The van der Waals surface area contributed by atoms with Crippen LogP contribution in [0.15, 0.2) is 12.7 Å². The van der Waals surface area contributed by atoms with Crippen LogP contribution >= 0.6 is 0 Å². The molecule has 0 aromatic heterocycles. The van der Waals surface area contributed by atoms with Gasteiger partial charge in [0.15, 0.2) is 5.79 Å². The quantitative estimate of drug-likeness (QED) is 0.526. The number of aldehydes is 1. The number of allylic oxidation sites excluding steroid dienone is 1. The van der Waals surface area contributed by atoms with E-state index in [4.69, 9.17) is 9.47 Å². The predicted molar refractivity (Wildman–Crippen MR) is 56.4 cm³/mol. The number of ether oxygens (including phenoxy) is 2. The molecule has 2 fully saturated rings. The minimum Gasteiger partial charge on any atom is -0.347 e. The predicted octanol–water partition coefficient (Wildman–Crippen LogP) is 2.06. The van der Waals surface area contributed by atoms with Crippen LogP contribution < -0.4 is 0 Å². The Bertz CT molecular complexity index is 250. The molecular formula is C12H18O3. The summed E-state index contributed by atoms with van der Waals surface area (Å²) >= 11 is 0. The Kier molecular flexibility index (Phi) is 2.94. The van der Waals surface area contributed by atoms with E-state index in [1.165, 1.54) is 0 Å². The van der Waals surface area contributed by atoms with Crippen LogP contribution in [-0.4, -0.2) is 25.3 Å². The van der Waals surface area contributed by atoms with Crippen LogP contribution in [0.2, 0.25) is 0 Å². The molecule has 2 rings (SSSR count). The lowest BCUT2D eigenvalue weighted by Crippen LogP contribution is -2.46. The van der Waals surface area contributed by atoms with E-state index >= 15 is 0 Å². The summed E-state index contributed by atoms with van der Waals surface area (Å²) in [5.41, 5.74) is -0.433. The first-order chi connectivity index (χ1) is 7.29. The van der Waals surface area contributed by atoms with Crippen molar-refractivity contribution in [2.24, 2.45) is 5.41 Å². The van der Waals surface area contributed by atoms with Gasteiger partial charge in [-0.15, -0.1) is 6.58 Å². The van der Waals surface area contributed by atoms with E-state index in [0.717, 1.165) is 38.4 Å². The fraction of sp³-hybridized carbons (Fsp3) is 0.750. The average molecular weight is 210 g/mol. The fourth-order valence-corrected chi connectivity index (χ4v) is 2.85. The fourth-order valence-electron chi connectivity index (χ4n) is 2.85. The van der Waals surface area contributed by atoms with E-state index < -0.39 is 11.2 Å². The van der Waals surface area contributed by atoms with Gasteiger partial charge in [0.05, 0.1) is 18.6 Å². The van der Waals surface area contributed by atoms with Crippen molar-refractivity contribution in [1.29, 1.82) is 0 Å². The summed E-state index contributed by atoms with van der Waals surface area (Å²) in [7, 11) is 0. The van der Waals surface area contributed by atoms with Crippen molar-refractivity contribution in [3.8, 4) is 0 Å². The van der Waals surface area contributed by atoms with Gasteiger partial charge in [0.25, 0.3) is 0 Å². The molecule has 1 saturated heterocycles. The van der Waals surface area contributed by atoms with E-state index in [1.54, 1.807) is 0 Å². The van der Waals surface area contributed by atoms with Gasteiger partial charge in [-0.3, -0.25) is 0 Å². The van der Waals surface area contributed by atoms with Crippen molar-refractivity contribution in [2.75, 3.05) is 13.2 Å². The van der Waals surface area contributed by atoms with E-state index in [0.29, 0.717) is 13.2 Å². The largest absolute Gasteiger partial charge is 0.347 e. The molecule has 1 unspecified atom stereocenters. The molecule has 0 N–H and O–H groups in total. The lowest BCUT2D eigenvalue weighted by molar-refractivity contribution is -0.215. The van der Waals surface area contributed by atoms with Crippen LogP contribution in [-0.2, 0) is 14.3 Å². The third-order valence-electron chi connectivity index (χ3n) is 3.66. The van der Waals surface area contributed by atoms with Crippen molar-refractivity contribution in [3.63, 3.8) is 0 Å². The van der Waals surface area contributed by atoms with Crippen molar-refractivity contribution < 1.29 is 14.3 Å². The van der Waals surface area contributed by atoms with Crippen LogP contribution in [0.1, 0.15) is 32.1 Å². The number of carbonyl (C=O) groups is 1. The first-order valence-corrected chi connectivity index (χ1v) is 5.64. The SMILES string of the molecule is C=CCCC1(C=O)CCCC12OCCO2. The Balaban J connectivity index is 2.21.